The van der Waals surface area contributed by atoms with Crippen LogP contribution in [0.3, 0.4) is 0 Å². The molecule has 1 amide bonds. The fourth-order valence-electron chi connectivity index (χ4n) is 5.42. The standard InChI is InChI=1S/C31H32F2N6O2/c1-7-25(40)37-12-13-38(20(6)16-37)29-22-15-24(33)27(21-14-18(4)8-9-23(21)32)35-30(22)39(31(41)36-29)28-19(5)10-11-34-26(28)17(2)3/h7-11,14-15,17,20H,1,12-13,16H2,2-6H3/t20-/m0/s1. The minimum atomic E-state index is -0.740. The van der Waals surface area contributed by atoms with E-state index in [4.69, 9.17) is 0 Å². The molecule has 4 heterocycles. The molecule has 1 aliphatic rings. The van der Waals surface area contributed by atoms with Crippen molar-refractivity contribution in [2.75, 3.05) is 24.5 Å². The third-order valence-corrected chi connectivity index (χ3v) is 7.49. The largest absolute Gasteiger partial charge is 0.355 e. The predicted molar refractivity (Wildman–Crippen MR) is 155 cm³/mol. The van der Waals surface area contributed by atoms with Crippen molar-refractivity contribution in [1.82, 2.24) is 24.4 Å². The van der Waals surface area contributed by atoms with E-state index in [-0.39, 0.29) is 40.6 Å². The number of hydrogen-bond donors (Lipinski definition) is 0. The van der Waals surface area contributed by atoms with Crippen molar-refractivity contribution in [3.63, 3.8) is 0 Å². The van der Waals surface area contributed by atoms with Crippen LogP contribution in [-0.2, 0) is 4.79 Å². The molecule has 1 aliphatic heterocycles. The number of hydrogen-bond acceptors (Lipinski definition) is 6. The van der Waals surface area contributed by atoms with Gasteiger partial charge in [0.05, 0.1) is 16.8 Å². The zero-order valence-electron chi connectivity index (χ0n) is 23.8. The summed E-state index contributed by atoms with van der Waals surface area (Å²) in [6.07, 6.45) is 2.94. The Hall–Kier alpha value is -4.47. The molecule has 3 aromatic heterocycles. The highest BCUT2D eigenvalue weighted by Crippen LogP contribution is 2.34. The van der Waals surface area contributed by atoms with Crippen LogP contribution in [0, 0.1) is 25.5 Å². The highest BCUT2D eigenvalue weighted by atomic mass is 19.1. The fourth-order valence-corrected chi connectivity index (χ4v) is 5.42. The monoisotopic (exact) mass is 558 g/mol. The predicted octanol–water partition coefficient (Wildman–Crippen LogP) is 5.08. The van der Waals surface area contributed by atoms with Gasteiger partial charge in [0, 0.05) is 37.4 Å². The first-order valence-electron chi connectivity index (χ1n) is 13.6. The number of amides is 1. The van der Waals surface area contributed by atoms with Crippen molar-refractivity contribution in [2.45, 2.75) is 46.6 Å². The van der Waals surface area contributed by atoms with Crippen LogP contribution in [0.4, 0.5) is 14.6 Å². The highest BCUT2D eigenvalue weighted by Gasteiger charge is 2.30. The van der Waals surface area contributed by atoms with E-state index < -0.39 is 17.3 Å². The second-order valence-electron chi connectivity index (χ2n) is 10.8. The number of rotatable bonds is 5. The van der Waals surface area contributed by atoms with Crippen LogP contribution >= 0.6 is 0 Å². The summed E-state index contributed by atoms with van der Waals surface area (Å²) in [5.74, 6) is -1.33. The zero-order chi connectivity index (χ0) is 29.6. The Balaban J connectivity index is 1.82. The summed E-state index contributed by atoms with van der Waals surface area (Å²) in [7, 11) is 0. The average molecular weight is 559 g/mol. The lowest BCUT2D eigenvalue weighted by Gasteiger charge is -2.40. The van der Waals surface area contributed by atoms with E-state index in [1.54, 1.807) is 30.2 Å². The minimum Gasteiger partial charge on any atom is -0.350 e. The van der Waals surface area contributed by atoms with Gasteiger partial charge < -0.3 is 9.80 Å². The maximum atomic E-state index is 15.9. The first kappa shape index (κ1) is 28.1. The Kier molecular flexibility index (Phi) is 7.42. The van der Waals surface area contributed by atoms with Crippen LogP contribution in [-0.4, -0.2) is 56.0 Å². The molecule has 1 saturated heterocycles. The van der Waals surface area contributed by atoms with Gasteiger partial charge in [0.1, 0.15) is 23.1 Å². The third-order valence-electron chi connectivity index (χ3n) is 7.49. The maximum Gasteiger partial charge on any atom is 0.355 e. The number of nitrogens with zero attached hydrogens (tertiary/aromatic N) is 6. The van der Waals surface area contributed by atoms with Crippen molar-refractivity contribution >= 4 is 22.8 Å². The van der Waals surface area contributed by atoms with Crippen molar-refractivity contribution in [3.8, 4) is 16.9 Å². The fraction of sp³-hybridized carbons (Fsp3) is 0.323. The van der Waals surface area contributed by atoms with Crippen LogP contribution in [0.2, 0.25) is 0 Å². The molecular weight excluding hydrogens is 526 g/mol. The molecule has 5 rings (SSSR count). The lowest BCUT2D eigenvalue weighted by atomic mass is 10.0. The van der Waals surface area contributed by atoms with Crippen LogP contribution < -0.4 is 10.6 Å². The van der Waals surface area contributed by atoms with Crippen molar-refractivity contribution < 1.29 is 13.6 Å². The van der Waals surface area contributed by atoms with Gasteiger partial charge in [0.15, 0.2) is 5.65 Å². The van der Waals surface area contributed by atoms with Crippen molar-refractivity contribution in [1.29, 1.82) is 0 Å². The summed E-state index contributed by atoms with van der Waals surface area (Å²) in [4.78, 5) is 43.3. The number of aryl methyl sites for hydroxylation is 2. The first-order chi connectivity index (χ1) is 19.5. The van der Waals surface area contributed by atoms with Crippen LogP contribution in [0.25, 0.3) is 28.0 Å². The van der Waals surface area contributed by atoms with E-state index in [0.717, 1.165) is 11.1 Å². The van der Waals surface area contributed by atoms with E-state index in [1.165, 1.54) is 28.8 Å². The second kappa shape index (κ2) is 10.8. The van der Waals surface area contributed by atoms with Crippen LogP contribution in [0.5, 0.6) is 0 Å². The lowest BCUT2D eigenvalue weighted by Crippen LogP contribution is -2.54. The lowest BCUT2D eigenvalue weighted by molar-refractivity contribution is -0.126. The number of carbonyl (C=O) groups is 1. The van der Waals surface area contributed by atoms with Gasteiger partial charge in [-0.1, -0.05) is 32.1 Å². The Labute approximate surface area is 237 Å². The number of benzene rings is 1. The van der Waals surface area contributed by atoms with E-state index in [0.29, 0.717) is 36.4 Å². The number of anilines is 1. The van der Waals surface area contributed by atoms with Gasteiger partial charge in [-0.25, -0.2) is 23.1 Å². The molecule has 10 heteroatoms. The maximum absolute atomic E-state index is 15.9. The normalized spacial score (nSPS) is 15.6. The van der Waals surface area contributed by atoms with Crippen LogP contribution in [0.15, 0.2) is 54.0 Å². The Morgan fingerprint density at radius 1 is 1.10 bits per heavy atom. The molecule has 0 saturated carbocycles. The summed E-state index contributed by atoms with van der Waals surface area (Å²) in [5.41, 5.74) is 2.00. The van der Waals surface area contributed by atoms with Gasteiger partial charge in [0.25, 0.3) is 0 Å². The quantitative estimate of drug-likeness (QED) is 0.318. The number of piperazine rings is 1. The number of aromatic nitrogens is 4. The van der Waals surface area contributed by atoms with E-state index in [9.17, 15) is 14.0 Å². The first-order valence-corrected chi connectivity index (χ1v) is 13.6. The topological polar surface area (TPSA) is 84.2 Å². The molecule has 0 radical (unpaired) electrons. The molecule has 0 bridgehead atoms. The molecule has 4 aromatic rings. The molecule has 8 nitrogen and oxygen atoms in total. The molecule has 0 N–H and O–H groups in total. The molecule has 1 aromatic carbocycles. The molecule has 1 fully saturated rings. The van der Waals surface area contributed by atoms with Gasteiger partial charge >= 0.3 is 5.69 Å². The summed E-state index contributed by atoms with van der Waals surface area (Å²) in [5, 5.41) is 0.298. The number of fused-ring (bicyclic) bond motifs is 1. The molecule has 212 valence electrons. The Morgan fingerprint density at radius 2 is 1.85 bits per heavy atom. The zero-order valence-corrected chi connectivity index (χ0v) is 23.8. The third kappa shape index (κ3) is 4.98. The summed E-state index contributed by atoms with van der Waals surface area (Å²) < 4.78 is 32.2. The van der Waals surface area contributed by atoms with Gasteiger partial charge in [-0.15, -0.1) is 0 Å². The minimum absolute atomic E-state index is 0.00123. The average Bonchev–Trinajstić information content (AvgIpc) is 2.94. The molecule has 0 unspecified atom stereocenters. The Bertz CT molecular complexity index is 1750. The molecular formula is C31H32F2N6O2. The molecule has 41 heavy (non-hydrogen) atoms. The van der Waals surface area contributed by atoms with E-state index >= 15 is 4.39 Å². The number of carbonyl (C=O) groups excluding carboxylic acids is 1. The SMILES string of the molecule is C=CC(=O)N1CCN(c2nc(=O)n(-c3c(C)ccnc3C(C)C)c3nc(-c4cc(C)ccc4F)c(F)cc23)[C@@H](C)C1. The second-order valence-corrected chi connectivity index (χ2v) is 10.8. The summed E-state index contributed by atoms with van der Waals surface area (Å²) in [6, 6.07) is 7.23. The van der Waals surface area contributed by atoms with Crippen molar-refractivity contribution in [3.05, 3.63) is 88.1 Å². The van der Waals surface area contributed by atoms with E-state index in [2.05, 4.69) is 21.5 Å². The summed E-state index contributed by atoms with van der Waals surface area (Å²) in [6.45, 7) is 14.2. The molecule has 0 spiro atoms. The Morgan fingerprint density at radius 3 is 2.54 bits per heavy atom. The number of pyridine rings is 2. The van der Waals surface area contributed by atoms with Gasteiger partial charge in [0.2, 0.25) is 5.91 Å². The van der Waals surface area contributed by atoms with Gasteiger partial charge in [-0.3, -0.25) is 9.78 Å². The van der Waals surface area contributed by atoms with E-state index in [1.807, 2.05) is 32.6 Å². The smallest absolute Gasteiger partial charge is 0.350 e. The molecule has 0 aliphatic carbocycles. The van der Waals surface area contributed by atoms with Crippen molar-refractivity contribution in [2.24, 2.45) is 0 Å². The van der Waals surface area contributed by atoms with Crippen LogP contribution in [0.1, 0.15) is 43.5 Å². The van der Waals surface area contributed by atoms with Gasteiger partial charge in [-0.2, -0.15) is 4.98 Å². The van der Waals surface area contributed by atoms with Gasteiger partial charge in [-0.05, 0) is 62.6 Å². The number of halogens is 2. The summed E-state index contributed by atoms with van der Waals surface area (Å²) >= 11 is 0. The highest BCUT2D eigenvalue weighted by molar-refractivity contribution is 5.91. The molecule has 1 atom stereocenters.